The molecular formula is C22H28ClN3O. The highest BCUT2D eigenvalue weighted by Crippen LogP contribution is 2.37. The minimum Gasteiger partial charge on any atom is -0.287 e. The van der Waals surface area contributed by atoms with Gasteiger partial charge in [0.15, 0.2) is 0 Å². The van der Waals surface area contributed by atoms with Crippen molar-refractivity contribution in [2.24, 2.45) is 5.92 Å². The third-order valence-electron chi connectivity index (χ3n) is 5.23. The van der Waals surface area contributed by atoms with Crippen LogP contribution in [0.5, 0.6) is 0 Å². The molecule has 3 rings (SSSR count). The quantitative estimate of drug-likeness (QED) is 0.476. The van der Waals surface area contributed by atoms with Crippen LogP contribution in [0.1, 0.15) is 51.3 Å². The predicted octanol–water partition coefficient (Wildman–Crippen LogP) is 5.35. The minimum atomic E-state index is -0.555. The standard InChI is InChI=1S/C22H28ClN3O/c1-3-17-11-8-9-14-20(17)26(22(27)19(23)4-2)21(25-16-10-15-24-25)18-12-6-5-7-13-18/h6,8-12,14-16,18-19,21H,3-5,7,13H2,1-2H3. The van der Waals surface area contributed by atoms with Crippen LogP contribution in [0.3, 0.4) is 0 Å². The summed E-state index contributed by atoms with van der Waals surface area (Å²) in [6.07, 6.45) is 12.6. The fraction of sp³-hybridized carbons (Fsp3) is 0.455. The van der Waals surface area contributed by atoms with Crippen LogP contribution in [0.4, 0.5) is 5.69 Å². The van der Waals surface area contributed by atoms with Gasteiger partial charge in [-0.2, -0.15) is 5.10 Å². The van der Waals surface area contributed by atoms with Gasteiger partial charge in [-0.3, -0.25) is 9.69 Å². The molecule has 1 amide bonds. The summed E-state index contributed by atoms with van der Waals surface area (Å²) in [6.45, 7) is 4.06. The highest BCUT2D eigenvalue weighted by atomic mass is 35.5. The van der Waals surface area contributed by atoms with Crippen LogP contribution in [0.25, 0.3) is 0 Å². The van der Waals surface area contributed by atoms with E-state index in [1.165, 1.54) is 0 Å². The maximum Gasteiger partial charge on any atom is 0.246 e. The van der Waals surface area contributed by atoms with Gasteiger partial charge < -0.3 is 0 Å². The average Bonchev–Trinajstić information content (AvgIpc) is 3.25. The van der Waals surface area contributed by atoms with Crippen molar-refractivity contribution in [3.05, 3.63) is 60.4 Å². The van der Waals surface area contributed by atoms with E-state index in [4.69, 9.17) is 11.6 Å². The summed E-state index contributed by atoms with van der Waals surface area (Å²) < 4.78 is 1.91. The molecule has 0 fully saturated rings. The molecule has 0 radical (unpaired) electrons. The Morgan fingerprint density at radius 3 is 2.78 bits per heavy atom. The normalized spacial score (nSPS) is 18.9. The Hall–Kier alpha value is -2.07. The number of halogens is 1. The van der Waals surface area contributed by atoms with Crippen molar-refractivity contribution in [3.8, 4) is 0 Å². The number of alkyl halides is 1. The maximum atomic E-state index is 13.5. The second-order valence-corrected chi connectivity index (χ2v) is 7.52. The molecule has 1 heterocycles. The SMILES string of the molecule is CCc1ccccc1N(C(=O)C(Cl)CC)C(C1C=CCCC1)n1cccn1. The van der Waals surface area contributed by atoms with Crippen molar-refractivity contribution in [1.82, 2.24) is 9.78 Å². The number of anilines is 1. The predicted molar refractivity (Wildman–Crippen MR) is 111 cm³/mol. The van der Waals surface area contributed by atoms with Gasteiger partial charge in [0.25, 0.3) is 0 Å². The minimum absolute atomic E-state index is 0.0560. The highest BCUT2D eigenvalue weighted by molar-refractivity contribution is 6.32. The number of hydrogen-bond acceptors (Lipinski definition) is 2. The number of hydrogen-bond donors (Lipinski definition) is 0. The van der Waals surface area contributed by atoms with E-state index in [0.29, 0.717) is 6.42 Å². The van der Waals surface area contributed by atoms with Gasteiger partial charge in [-0.15, -0.1) is 11.6 Å². The first-order valence-electron chi connectivity index (χ1n) is 9.88. The van der Waals surface area contributed by atoms with E-state index >= 15 is 0 Å². The lowest BCUT2D eigenvalue weighted by Crippen LogP contribution is -2.45. The number of amides is 1. The number of allylic oxidation sites excluding steroid dienone is 1. The van der Waals surface area contributed by atoms with Crippen molar-refractivity contribution < 1.29 is 4.79 Å². The van der Waals surface area contributed by atoms with E-state index in [9.17, 15) is 4.79 Å². The molecule has 0 spiro atoms. The van der Waals surface area contributed by atoms with Crippen LogP contribution in [0.2, 0.25) is 0 Å². The number of rotatable bonds is 7. The number of benzene rings is 1. The molecule has 3 atom stereocenters. The third kappa shape index (κ3) is 4.27. The van der Waals surface area contributed by atoms with Crippen molar-refractivity contribution >= 4 is 23.2 Å². The second-order valence-electron chi connectivity index (χ2n) is 6.99. The molecule has 1 aliphatic carbocycles. The Balaban J connectivity index is 2.14. The lowest BCUT2D eigenvalue weighted by atomic mass is 9.91. The molecule has 1 aromatic carbocycles. The molecule has 0 bridgehead atoms. The zero-order valence-corrected chi connectivity index (χ0v) is 16.8. The van der Waals surface area contributed by atoms with Crippen molar-refractivity contribution in [2.75, 3.05) is 4.90 Å². The summed E-state index contributed by atoms with van der Waals surface area (Å²) in [7, 11) is 0. The van der Waals surface area contributed by atoms with Gasteiger partial charge in [-0.1, -0.05) is 44.2 Å². The Labute approximate surface area is 166 Å². The van der Waals surface area contributed by atoms with E-state index in [1.54, 1.807) is 6.20 Å². The Kier molecular flexibility index (Phi) is 6.73. The number of aryl methyl sites for hydroxylation is 1. The van der Waals surface area contributed by atoms with Gasteiger partial charge in [-0.05, 0) is 49.8 Å². The van der Waals surface area contributed by atoms with Crippen LogP contribution in [0.15, 0.2) is 54.9 Å². The molecule has 0 saturated heterocycles. The van der Waals surface area contributed by atoms with E-state index in [0.717, 1.165) is 36.9 Å². The Morgan fingerprint density at radius 2 is 2.15 bits per heavy atom. The van der Waals surface area contributed by atoms with E-state index in [2.05, 4.69) is 30.2 Å². The fourth-order valence-corrected chi connectivity index (χ4v) is 3.90. The largest absolute Gasteiger partial charge is 0.287 e. The second kappa shape index (κ2) is 9.23. The number of nitrogens with zero attached hydrogens (tertiary/aromatic N) is 3. The number of para-hydroxylation sites is 1. The van der Waals surface area contributed by atoms with Crippen LogP contribution in [0, 0.1) is 5.92 Å². The summed E-state index contributed by atoms with van der Waals surface area (Å²) in [6, 6.07) is 10.0. The molecule has 0 N–H and O–H groups in total. The summed E-state index contributed by atoms with van der Waals surface area (Å²) in [5.74, 6) is 0.146. The number of aromatic nitrogens is 2. The Morgan fingerprint density at radius 1 is 1.33 bits per heavy atom. The lowest BCUT2D eigenvalue weighted by Gasteiger charge is -2.39. The van der Waals surface area contributed by atoms with Crippen molar-refractivity contribution in [2.45, 2.75) is 57.5 Å². The van der Waals surface area contributed by atoms with E-state index in [1.807, 2.05) is 47.0 Å². The Bertz CT molecular complexity index is 772. The first-order valence-corrected chi connectivity index (χ1v) is 10.3. The average molecular weight is 386 g/mol. The monoisotopic (exact) mass is 385 g/mol. The molecule has 1 aromatic heterocycles. The van der Waals surface area contributed by atoms with Crippen LogP contribution in [-0.4, -0.2) is 21.1 Å². The fourth-order valence-electron chi connectivity index (χ4n) is 3.79. The topological polar surface area (TPSA) is 38.1 Å². The molecule has 5 heteroatoms. The molecule has 4 nitrogen and oxygen atoms in total. The number of carbonyl (C=O) groups is 1. The molecule has 2 aromatic rings. The summed E-state index contributed by atoms with van der Waals surface area (Å²) in [5, 5.41) is 3.95. The van der Waals surface area contributed by atoms with E-state index < -0.39 is 5.38 Å². The van der Waals surface area contributed by atoms with Gasteiger partial charge in [0, 0.05) is 24.0 Å². The molecule has 144 valence electrons. The smallest absolute Gasteiger partial charge is 0.246 e. The zero-order chi connectivity index (χ0) is 19.2. The molecule has 0 saturated carbocycles. The van der Waals surface area contributed by atoms with Gasteiger partial charge in [0.2, 0.25) is 5.91 Å². The van der Waals surface area contributed by atoms with Gasteiger partial charge in [-0.25, -0.2) is 4.68 Å². The molecular weight excluding hydrogens is 358 g/mol. The molecule has 3 unspecified atom stereocenters. The lowest BCUT2D eigenvalue weighted by molar-refractivity contribution is -0.119. The van der Waals surface area contributed by atoms with Crippen LogP contribution in [-0.2, 0) is 11.2 Å². The maximum absolute atomic E-state index is 13.5. The summed E-state index contributed by atoms with van der Waals surface area (Å²) >= 11 is 6.46. The first kappa shape index (κ1) is 19.7. The van der Waals surface area contributed by atoms with Crippen LogP contribution < -0.4 is 4.90 Å². The molecule has 1 aliphatic rings. The first-order chi connectivity index (χ1) is 13.2. The summed E-state index contributed by atoms with van der Waals surface area (Å²) in [4.78, 5) is 15.3. The van der Waals surface area contributed by atoms with Gasteiger partial charge in [0.1, 0.15) is 11.5 Å². The van der Waals surface area contributed by atoms with Crippen molar-refractivity contribution in [3.63, 3.8) is 0 Å². The molecule has 0 aliphatic heterocycles. The number of carbonyl (C=O) groups excluding carboxylic acids is 1. The van der Waals surface area contributed by atoms with Crippen molar-refractivity contribution in [1.29, 1.82) is 0 Å². The summed E-state index contributed by atoms with van der Waals surface area (Å²) in [5.41, 5.74) is 2.08. The van der Waals surface area contributed by atoms with E-state index in [-0.39, 0.29) is 18.0 Å². The van der Waals surface area contributed by atoms with Gasteiger partial charge in [0.05, 0.1) is 0 Å². The molecule has 27 heavy (non-hydrogen) atoms. The van der Waals surface area contributed by atoms with Crippen LogP contribution >= 0.6 is 11.6 Å². The zero-order valence-electron chi connectivity index (χ0n) is 16.1. The van der Waals surface area contributed by atoms with Gasteiger partial charge >= 0.3 is 0 Å². The highest BCUT2D eigenvalue weighted by Gasteiger charge is 2.36. The third-order valence-corrected chi connectivity index (χ3v) is 5.73.